The van der Waals surface area contributed by atoms with Gasteiger partial charge in [0.05, 0.1) is 0 Å². The average molecular weight is 413 g/mol. The first-order valence-corrected chi connectivity index (χ1v) is 13.2. The first kappa shape index (κ1) is 24.8. The van der Waals surface area contributed by atoms with Crippen molar-refractivity contribution in [2.75, 3.05) is 0 Å². The zero-order chi connectivity index (χ0) is 13.5. The Labute approximate surface area is 145 Å². The summed E-state index contributed by atoms with van der Waals surface area (Å²) in [5.74, 6) is 3.28. The second kappa shape index (κ2) is 11.5. The fourth-order valence-corrected chi connectivity index (χ4v) is 2.58. The Morgan fingerprint density at radius 3 is 2.05 bits per heavy atom. The quantitative estimate of drug-likeness (QED) is 0.279. The van der Waals surface area contributed by atoms with Gasteiger partial charge in [-0.05, 0) is 38.9 Å². The van der Waals surface area contributed by atoms with E-state index >= 15 is 0 Å². The molecule has 0 N–H and O–H groups in total. The van der Waals surface area contributed by atoms with Crippen molar-refractivity contribution in [2.45, 2.75) is 58.5 Å². The van der Waals surface area contributed by atoms with Crippen molar-refractivity contribution in [3.8, 4) is 11.5 Å². The van der Waals surface area contributed by atoms with Gasteiger partial charge in [0.15, 0.2) is 14.4 Å². The van der Waals surface area contributed by atoms with Crippen LogP contribution in [0.15, 0.2) is 12.7 Å². The van der Waals surface area contributed by atoms with Gasteiger partial charge in [-0.2, -0.15) is 0 Å². The Kier molecular flexibility index (Phi) is 14.9. The van der Waals surface area contributed by atoms with E-state index in [4.69, 9.17) is 4.43 Å². The molecule has 0 amide bonds. The molecule has 1 nitrogen and oxygen atoms in total. The van der Waals surface area contributed by atoms with Crippen molar-refractivity contribution >= 4 is 16.4 Å². The molecule has 1 radical (unpaired) electrons. The molecule has 107 valence electrons. The topological polar surface area (TPSA) is 9.23 Å². The van der Waals surface area contributed by atoms with Crippen LogP contribution in [0.25, 0.3) is 0 Å². The van der Waals surface area contributed by atoms with Crippen LogP contribution in [0.1, 0.15) is 19.3 Å². The van der Waals surface area contributed by atoms with Gasteiger partial charge in [0.25, 0.3) is 0 Å². The minimum atomic E-state index is -1.53. The Hall–Kier alpha value is 0.797. The van der Waals surface area contributed by atoms with Crippen LogP contribution >= 0.6 is 0 Å². The number of unbranched alkanes of at least 4 members (excludes halogenated alkanes) is 1. The van der Waals surface area contributed by atoms with Gasteiger partial charge in [0.2, 0.25) is 0 Å². The van der Waals surface area contributed by atoms with Crippen molar-refractivity contribution in [3.05, 3.63) is 18.8 Å². The van der Waals surface area contributed by atoms with E-state index in [0.717, 1.165) is 25.4 Å². The second-order valence-electron chi connectivity index (χ2n) is 6.32. The monoisotopic (exact) mass is 410 g/mol. The van der Waals surface area contributed by atoms with Crippen molar-refractivity contribution < 1.29 is 40.9 Å². The zero-order valence-electron chi connectivity index (χ0n) is 13.4. The number of hydrogen-bond acceptors (Lipinski definition) is 1. The number of hydrogen-bond donors (Lipinski definition) is 0. The largest absolute Gasteiger partial charge is 1.00 e. The van der Waals surface area contributed by atoms with E-state index < -0.39 is 16.4 Å². The van der Waals surface area contributed by atoms with Crippen LogP contribution in [0.4, 0.5) is 0 Å². The van der Waals surface area contributed by atoms with E-state index in [1.807, 2.05) is 6.08 Å². The maximum absolute atomic E-state index is 6.05. The summed E-state index contributed by atoms with van der Waals surface area (Å²) in [6.07, 6.45) is 6.02. The van der Waals surface area contributed by atoms with Gasteiger partial charge >= 0.3 is 0 Å². The van der Waals surface area contributed by atoms with Gasteiger partial charge in [-0.15, -0.1) is 12.1 Å². The van der Waals surface area contributed by atoms with Crippen LogP contribution in [0.2, 0.25) is 39.3 Å². The summed E-state index contributed by atoms with van der Waals surface area (Å²) in [6.45, 7) is 17.1. The third-order valence-electron chi connectivity index (χ3n) is 1.82. The molecule has 0 aromatic heterocycles. The van der Waals surface area contributed by atoms with E-state index in [1.165, 1.54) is 0 Å². The summed E-state index contributed by atoms with van der Waals surface area (Å²) in [6, 6.07) is 0. The number of halogens is 1. The molecule has 0 aromatic rings. The molecule has 0 aliphatic carbocycles. The summed E-state index contributed by atoms with van der Waals surface area (Å²) >= 11 is 0. The third-order valence-corrected chi connectivity index (χ3v) is 3.55. The van der Waals surface area contributed by atoms with Gasteiger partial charge in [-0.1, -0.05) is 31.6 Å². The maximum Gasteiger partial charge on any atom is 0.186 e. The smallest absolute Gasteiger partial charge is 0.186 e. The molecular formula is C14H27BrOSi2Zn-. The minimum absolute atomic E-state index is 0. The molecule has 0 heterocycles. The molecular weight excluding hydrogens is 386 g/mol. The van der Waals surface area contributed by atoms with Crippen LogP contribution in [0, 0.1) is 17.6 Å². The summed E-state index contributed by atoms with van der Waals surface area (Å²) in [4.78, 5) is 0. The van der Waals surface area contributed by atoms with Gasteiger partial charge in [0.1, 0.15) is 8.07 Å². The average Bonchev–Trinajstić information content (AvgIpc) is 2.11. The molecule has 5 heteroatoms. The molecule has 0 aliphatic heterocycles. The van der Waals surface area contributed by atoms with Crippen molar-refractivity contribution in [2.24, 2.45) is 0 Å². The SMILES string of the molecule is C=CCCC[C](C#C[Si](C)(C)C)O[Si](C)(C)C.[Br-].[Zn]. The summed E-state index contributed by atoms with van der Waals surface area (Å²) in [7, 11) is -2.84. The first-order valence-electron chi connectivity index (χ1n) is 6.33. The second-order valence-corrected chi connectivity index (χ2v) is 15.5. The van der Waals surface area contributed by atoms with Gasteiger partial charge in [-0.25, -0.2) is 0 Å². The zero-order valence-corrected chi connectivity index (χ0v) is 20.0. The predicted octanol–water partition coefficient (Wildman–Crippen LogP) is 1.61. The third kappa shape index (κ3) is 18.8. The van der Waals surface area contributed by atoms with Gasteiger partial charge in [0, 0.05) is 19.5 Å². The number of rotatable bonds is 6. The summed E-state index contributed by atoms with van der Waals surface area (Å²) in [5.41, 5.74) is 3.39. The van der Waals surface area contributed by atoms with Gasteiger partial charge in [-0.3, -0.25) is 0 Å². The van der Waals surface area contributed by atoms with Crippen LogP contribution in [0.5, 0.6) is 0 Å². The molecule has 0 unspecified atom stereocenters. The molecule has 19 heavy (non-hydrogen) atoms. The van der Waals surface area contributed by atoms with Crippen molar-refractivity contribution in [1.29, 1.82) is 0 Å². The van der Waals surface area contributed by atoms with Crippen LogP contribution in [0.3, 0.4) is 0 Å². The Morgan fingerprint density at radius 1 is 1.16 bits per heavy atom. The Bertz CT molecular complexity index is 297. The van der Waals surface area contributed by atoms with Gasteiger partial charge < -0.3 is 21.4 Å². The molecule has 0 rings (SSSR count). The van der Waals surface area contributed by atoms with E-state index in [-0.39, 0.29) is 36.5 Å². The van der Waals surface area contributed by atoms with E-state index in [9.17, 15) is 0 Å². The predicted molar refractivity (Wildman–Crippen MR) is 82.8 cm³/mol. The molecule has 0 spiro atoms. The minimum Gasteiger partial charge on any atom is -1.00 e. The molecule has 0 bridgehead atoms. The molecule has 0 fully saturated rings. The standard InChI is InChI=1S/C14H27OSi2.BrH.Zn/c1-8-9-10-11-14(15-17(5,6)7)12-13-16(2,3)4;;/h8H,1,9-11H2,2-7H3;1H;/p-1. The summed E-state index contributed by atoms with van der Waals surface area (Å²) < 4.78 is 6.05. The summed E-state index contributed by atoms with van der Waals surface area (Å²) in [5, 5.41) is 0. The van der Waals surface area contributed by atoms with Crippen molar-refractivity contribution in [1.82, 2.24) is 0 Å². The van der Waals surface area contributed by atoms with Crippen LogP contribution < -0.4 is 17.0 Å². The first-order chi connectivity index (χ1) is 7.64. The Morgan fingerprint density at radius 2 is 1.68 bits per heavy atom. The Balaban J connectivity index is -0.00000128. The normalized spacial score (nSPS) is 10.9. The number of allylic oxidation sites excluding steroid dienone is 1. The van der Waals surface area contributed by atoms with E-state index in [0.29, 0.717) is 0 Å². The maximum atomic E-state index is 6.05. The molecule has 0 aromatic carbocycles. The van der Waals surface area contributed by atoms with Crippen LogP contribution in [-0.2, 0) is 23.9 Å². The molecule has 0 aliphatic rings. The van der Waals surface area contributed by atoms with Crippen LogP contribution in [-0.4, -0.2) is 16.4 Å². The fraction of sp³-hybridized carbons (Fsp3) is 0.643. The van der Waals surface area contributed by atoms with Crippen molar-refractivity contribution in [3.63, 3.8) is 0 Å². The van der Waals surface area contributed by atoms with E-state index in [2.05, 4.69) is 57.3 Å². The molecule has 0 atom stereocenters. The fourth-order valence-electron chi connectivity index (χ4n) is 1.17. The molecule has 0 saturated carbocycles. The van der Waals surface area contributed by atoms with E-state index in [1.54, 1.807) is 0 Å². The molecule has 0 saturated heterocycles.